The number of benzene rings is 3. The van der Waals surface area contributed by atoms with Gasteiger partial charge < -0.3 is 26.2 Å². The van der Waals surface area contributed by atoms with Crippen molar-refractivity contribution < 1.29 is 18.0 Å². The fourth-order valence-electron chi connectivity index (χ4n) is 5.48. The van der Waals surface area contributed by atoms with E-state index in [0.29, 0.717) is 24.7 Å². The van der Waals surface area contributed by atoms with E-state index in [1.165, 1.54) is 30.5 Å². The van der Waals surface area contributed by atoms with Gasteiger partial charge in [-0.15, -0.1) is 0 Å². The molecule has 8 nitrogen and oxygen atoms in total. The molecule has 5 rings (SSSR count). The van der Waals surface area contributed by atoms with Crippen LogP contribution >= 0.6 is 0 Å². The summed E-state index contributed by atoms with van der Waals surface area (Å²) in [5.41, 5.74) is 3.37. The quantitative estimate of drug-likeness (QED) is 0.133. The second-order valence-electron chi connectivity index (χ2n) is 11.1. The van der Waals surface area contributed by atoms with Crippen LogP contribution in [0, 0.1) is 0 Å². The third kappa shape index (κ3) is 8.35. The molecule has 1 amide bonds. The molecule has 4 N–H and O–H groups in total. The van der Waals surface area contributed by atoms with Crippen molar-refractivity contribution in [3.05, 3.63) is 114 Å². The molecule has 0 aliphatic carbocycles. The second kappa shape index (κ2) is 14.8. The van der Waals surface area contributed by atoms with Crippen molar-refractivity contribution in [3.63, 3.8) is 0 Å². The Balaban J connectivity index is 1.25. The summed E-state index contributed by atoms with van der Waals surface area (Å²) in [4.78, 5) is 22.9. The molecule has 1 aromatic heterocycles. The summed E-state index contributed by atoms with van der Waals surface area (Å²) in [5.74, 6) is -0.401. The first-order valence-corrected chi connectivity index (χ1v) is 15.4. The first-order valence-electron chi connectivity index (χ1n) is 15.4. The van der Waals surface area contributed by atoms with E-state index in [1.54, 1.807) is 19.1 Å². The van der Waals surface area contributed by atoms with Crippen LogP contribution in [0.5, 0.6) is 0 Å². The number of nitrogens with one attached hydrogen (secondary N) is 4. The molecule has 240 valence electrons. The van der Waals surface area contributed by atoms with Crippen molar-refractivity contribution in [3.8, 4) is 0 Å². The molecule has 0 radical (unpaired) electrons. The minimum absolute atomic E-state index is 0.0237. The van der Waals surface area contributed by atoms with Crippen LogP contribution in [-0.2, 0) is 12.7 Å². The molecule has 1 unspecified atom stereocenters. The number of halogens is 3. The molecule has 1 aliphatic heterocycles. The number of anilines is 5. The highest BCUT2D eigenvalue weighted by Gasteiger charge is 2.35. The third-order valence-corrected chi connectivity index (χ3v) is 7.73. The van der Waals surface area contributed by atoms with Crippen LogP contribution in [0.4, 0.5) is 42.0 Å². The van der Waals surface area contributed by atoms with Gasteiger partial charge in [-0.3, -0.25) is 4.79 Å². The van der Waals surface area contributed by atoms with Crippen molar-refractivity contribution in [2.75, 3.05) is 35.6 Å². The Bertz CT molecular complexity index is 1660. The van der Waals surface area contributed by atoms with E-state index < -0.39 is 23.5 Å². The van der Waals surface area contributed by atoms with E-state index >= 15 is 0 Å². The molecular formula is C35H38F3N7O. The first-order chi connectivity index (χ1) is 22.2. The number of alkyl halides is 3. The Morgan fingerprint density at radius 2 is 1.83 bits per heavy atom. The van der Waals surface area contributed by atoms with Gasteiger partial charge in [0.2, 0.25) is 5.95 Å². The molecule has 0 spiro atoms. The van der Waals surface area contributed by atoms with Gasteiger partial charge in [-0.25, -0.2) is 4.98 Å². The molecule has 0 bridgehead atoms. The monoisotopic (exact) mass is 629 g/mol. The van der Waals surface area contributed by atoms with Gasteiger partial charge in [0.25, 0.3) is 5.91 Å². The van der Waals surface area contributed by atoms with E-state index in [-0.39, 0.29) is 17.2 Å². The topological polar surface area (TPSA) is 94.2 Å². The fraction of sp³-hybridized carbons (Fsp3) is 0.286. The zero-order valence-corrected chi connectivity index (χ0v) is 25.9. The Labute approximate surface area is 267 Å². The maximum atomic E-state index is 13.9. The first kappa shape index (κ1) is 32.3. The Morgan fingerprint density at radius 3 is 2.59 bits per heavy atom. The fourth-order valence-corrected chi connectivity index (χ4v) is 5.48. The van der Waals surface area contributed by atoms with Crippen molar-refractivity contribution in [1.29, 1.82) is 0 Å². The van der Waals surface area contributed by atoms with E-state index in [0.717, 1.165) is 30.5 Å². The number of rotatable bonds is 11. The largest absolute Gasteiger partial charge is 0.421 e. The molecule has 2 heterocycles. The van der Waals surface area contributed by atoms with Crippen LogP contribution in [0.2, 0.25) is 0 Å². The number of hydrogen-bond acceptors (Lipinski definition) is 7. The minimum atomic E-state index is -4.71. The lowest BCUT2D eigenvalue weighted by Crippen LogP contribution is -2.30. The molecule has 1 atom stereocenters. The average molecular weight is 630 g/mol. The summed E-state index contributed by atoms with van der Waals surface area (Å²) in [6.07, 6.45) is 2.62. The summed E-state index contributed by atoms with van der Waals surface area (Å²) in [5, 5.41) is 11.9. The normalized spacial score (nSPS) is 15.1. The highest BCUT2D eigenvalue weighted by atomic mass is 19.4. The lowest BCUT2D eigenvalue weighted by atomic mass is 9.90. The summed E-state index contributed by atoms with van der Waals surface area (Å²) < 4.78 is 41.6. The Kier molecular flexibility index (Phi) is 10.4. The molecule has 1 fully saturated rings. The van der Waals surface area contributed by atoms with Crippen LogP contribution in [0.1, 0.15) is 59.7 Å². The van der Waals surface area contributed by atoms with E-state index in [1.807, 2.05) is 31.2 Å². The predicted octanol–water partition coefficient (Wildman–Crippen LogP) is 8.06. The minimum Gasteiger partial charge on any atom is -0.381 e. The number of likely N-dealkylation sites (tertiary alicyclic amines) is 1. The molecule has 1 aliphatic rings. The lowest BCUT2D eigenvalue weighted by Gasteiger charge is -2.32. The Hall–Kier alpha value is -5.06. The standard InChI is InChI=1S/C35H38F3N7O/c1-3-18-45-19-8-10-26(23-45)25-9-7-11-28(20-25)40-21-24-14-16-27(17-15-24)42-34-41-22-30(35(36,37)38)32(44-34)43-31-13-6-5-12-29(31)33(46)39-4-2/h3,5-7,9,11-18,20,22,26,40H,4,8,10,19,21,23H2,1-2H3,(H,39,46)(H2,41,42,43,44). The second-order valence-corrected chi connectivity index (χ2v) is 11.1. The summed E-state index contributed by atoms with van der Waals surface area (Å²) in [6, 6.07) is 22.4. The molecular weight excluding hydrogens is 591 g/mol. The van der Waals surface area contributed by atoms with Gasteiger partial charge in [-0.2, -0.15) is 18.2 Å². The maximum absolute atomic E-state index is 13.9. The van der Waals surface area contributed by atoms with Gasteiger partial charge in [-0.05, 0) is 80.4 Å². The van der Waals surface area contributed by atoms with Gasteiger partial charge in [0.05, 0.1) is 11.3 Å². The van der Waals surface area contributed by atoms with Crippen LogP contribution in [0.3, 0.4) is 0 Å². The molecule has 1 saturated heterocycles. The summed E-state index contributed by atoms with van der Waals surface area (Å²) in [6.45, 7) is 6.91. The zero-order valence-electron chi connectivity index (χ0n) is 25.9. The van der Waals surface area contributed by atoms with Gasteiger partial charge >= 0.3 is 6.18 Å². The molecule has 0 saturated carbocycles. The number of carbonyl (C=O) groups is 1. The van der Waals surface area contributed by atoms with Gasteiger partial charge in [0.1, 0.15) is 11.4 Å². The number of amides is 1. The van der Waals surface area contributed by atoms with Crippen LogP contribution in [0.15, 0.2) is 91.3 Å². The van der Waals surface area contributed by atoms with Gasteiger partial charge in [-0.1, -0.05) is 42.5 Å². The van der Waals surface area contributed by atoms with Crippen molar-refractivity contribution >= 4 is 34.7 Å². The summed E-state index contributed by atoms with van der Waals surface area (Å²) >= 11 is 0. The number of hydrogen-bond donors (Lipinski definition) is 4. The maximum Gasteiger partial charge on any atom is 0.421 e. The summed E-state index contributed by atoms with van der Waals surface area (Å²) in [7, 11) is 0. The zero-order chi connectivity index (χ0) is 32.5. The van der Waals surface area contributed by atoms with Crippen molar-refractivity contribution in [2.24, 2.45) is 0 Å². The third-order valence-electron chi connectivity index (χ3n) is 7.73. The number of allylic oxidation sites excluding steroid dienone is 1. The molecule has 3 aromatic carbocycles. The lowest BCUT2D eigenvalue weighted by molar-refractivity contribution is -0.137. The van der Waals surface area contributed by atoms with E-state index in [9.17, 15) is 18.0 Å². The van der Waals surface area contributed by atoms with E-state index in [4.69, 9.17) is 0 Å². The number of nitrogens with zero attached hydrogens (tertiary/aromatic N) is 3. The van der Waals surface area contributed by atoms with Crippen LogP contribution in [0.25, 0.3) is 0 Å². The highest BCUT2D eigenvalue weighted by Crippen LogP contribution is 2.36. The smallest absolute Gasteiger partial charge is 0.381 e. The highest BCUT2D eigenvalue weighted by molar-refractivity contribution is 6.00. The number of aromatic nitrogens is 2. The number of para-hydroxylation sites is 1. The molecule has 11 heteroatoms. The van der Waals surface area contributed by atoms with Gasteiger partial charge in [0.15, 0.2) is 0 Å². The Morgan fingerprint density at radius 1 is 1.02 bits per heavy atom. The predicted molar refractivity (Wildman–Crippen MR) is 177 cm³/mol. The molecule has 46 heavy (non-hydrogen) atoms. The van der Waals surface area contributed by atoms with Crippen LogP contribution < -0.4 is 21.3 Å². The number of piperidine rings is 1. The SMILES string of the molecule is CC=CN1CCCC(c2cccc(NCc3ccc(Nc4ncc(C(F)(F)F)c(Nc5ccccc5C(=O)NCC)n4)cc3)c2)C1. The van der Waals surface area contributed by atoms with Crippen molar-refractivity contribution in [2.45, 2.75) is 45.3 Å². The molecule has 4 aromatic rings. The van der Waals surface area contributed by atoms with Gasteiger partial charge in [0, 0.05) is 49.7 Å². The van der Waals surface area contributed by atoms with Crippen molar-refractivity contribution in [1.82, 2.24) is 20.2 Å². The average Bonchev–Trinajstić information content (AvgIpc) is 3.05. The van der Waals surface area contributed by atoms with Crippen LogP contribution in [-0.4, -0.2) is 40.4 Å². The number of carbonyl (C=O) groups excluding carboxylic acids is 1. The van der Waals surface area contributed by atoms with E-state index in [2.05, 4.69) is 72.7 Å².